The van der Waals surface area contributed by atoms with Crippen molar-refractivity contribution >= 4 is 33.1 Å². The molecule has 136 valence electrons. The van der Waals surface area contributed by atoms with Crippen molar-refractivity contribution in [2.24, 2.45) is 4.99 Å². The highest BCUT2D eigenvalue weighted by Crippen LogP contribution is 2.43. The number of hydrogen-bond acceptors (Lipinski definition) is 3. The summed E-state index contributed by atoms with van der Waals surface area (Å²) in [6, 6.07) is 26.0. The number of Topliss-reactive ketones (excluding diaryl/α,β-unsaturated/α-hetero) is 1. The number of halogens is 1. The highest BCUT2D eigenvalue weighted by atomic mass is 79.9. The summed E-state index contributed by atoms with van der Waals surface area (Å²) >= 11 is 3.50. The van der Waals surface area contributed by atoms with Gasteiger partial charge in [0, 0.05) is 28.2 Å². The molecule has 1 atom stereocenters. The van der Waals surface area contributed by atoms with Crippen LogP contribution in [0.25, 0.3) is 5.70 Å². The van der Waals surface area contributed by atoms with Crippen molar-refractivity contribution in [3.8, 4) is 0 Å². The highest BCUT2D eigenvalue weighted by Gasteiger charge is 2.40. The molecule has 5 rings (SSSR count). The van der Waals surface area contributed by atoms with Gasteiger partial charge in [0.2, 0.25) is 0 Å². The summed E-state index contributed by atoms with van der Waals surface area (Å²) in [6.45, 7) is 0. The van der Waals surface area contributed by atoms with E-state index in [1.807, 2.05) is 73.8 Å². The molecule has 0 saturated heterocycles. The molecule has 1 unspecified atom stereocenters. The molecule has 4 heteroatoms. The van der Waals surface area contributed by atoms with Crippen LogP contribution >= 0.6 is 15.9 Å². The number of ketones is 1. The Bertz CT molecular complexity index is 1150. The first kappa shape index (κ1) is 17.1. The van der Waals surface area contributed by atoms with Crippen LogP contribution in [0, 0.1) is 0 Å². The summed E-state index contributed by atoms with van der Waals surface area (Å²) in [5.41, 5.74) is 6.21. The van der Waals surface area contributed by atoms with E-state index in [4.69, 9.17) is 4.99 Å². The molecular weight excluding hydrogens is 412 g/mol. The van der Waals surface area contributed by atoms with Gasteiger partial charge in [-0.25, -0.2) is 0 Å². The van der Waals surface area contributed by atoms with Gasteiger partial charge in [-0.05, 0) is 17.7 Å². The quantitative estimate of drug-likeness (QED) is 0.540. The maximum absolute atomic E-state index is 13.3. The van der Waals surface area contributed by atoms with Gasteiger partial charge in [0.25, 0.3) is 0 Å². The van der Waals surface area contributed by atoms with E-state index < -0.39 is 0 Å². The standard InChI is InChI=1S/C24H17BrN2O/c1-27-22-18-9-5-6-10-19(18)23(28)20(22)21(15-7-3-2-4-8-15)26-24(27)16-11-13-17(25)14-12-16/h2-14,24H,1H3. The SMILES string of the molecule is CN1C2=C(C(=O)c3ccccc32)C(c2ccccc2)=NC1c1ccc(Br)cc1. The molecule has 0 spiro atoms. The Morgan fingerprint density at radius 1 is 0.857 bits per heavy atom. The number of benzene rings is 3. The van der Waals surface area contributed by atoms with Crippen LogP contribution in [0.2, 0.25) is 0 Å². The molecule has 1 heterocycles. The fourth-order valence-corrected chi connectivity index (χ4v) is 4.26. The Hall–Kier alpha value is -2.98. The molecule has 1 aliphatic carbocycles. The van der Waals surface area contributed by atoms with Gasteiger partial charge in [0.15, 0.2) is 5.78 Å². The molecule has 0 radical (unpaired) electrons. The zero-order chi connectivity index (χ0) is 19.3. The predicted molar refractivity (Wildman–Crippen MR) is 115 cm³/mol. The Balaban J connectivity index is 1.74. The van der Waals surface area contributed by atoms with Gasteiger partial charge >= 0.3 is 0 Å². The van der Waals surface area contributed by atoms with Crippen molar-refractivity contribution in [2.45, 2.75) is 6.17 Å². The highest BCUT2D eigenvalue weighted by molar-refractivity contribution is 9.10. The van der Waals surface area contributed by atoms with Crippen molar-refractivity contribution in [1.29, 1.82) is 0 Å². The van der Waals surface area contributed by atoms with Gasteiger partial charge in [-0.15, -0.1) is 0 Å². The van der Waals surface area contributed by atoms with Crippen LogP contribution in [-0.4, -0.2) is 23.4 Å². The van der Waals surface area contributed by atoms with E-state index in [-0.39, 0.29) is 11.9 Å². The third kappa shape index (κ3) is 2.56. The number of rotatable bonds is 2. The maximum atomic E-state index is 13.3. The zero-order valence-corrected chi connectivity index (χ0v) is 16.8. The number of fused-ring (bicyclic) bond motifs is 2. The minimum absolute atomic E-state index is 0.0503. The molecule has 1 aliphatic heterocycles. The smallest absolute Gasteiger partial charge is 0.198 e. The fraction of sp³-hybridized carbons (Fsp3) is 0.0833. The summed E-state index contributed by atoms with van der Waals surface area (Å²) < 4.78 is 1.03. The first-order valence-corrected chi connectivity index (χ1v) is 9.95. The van der Waals surface area contributed by atoms with Crippen molar-refractivity contribution in [3.05, 3.63) is 111 Å². The number of hydrogen-bond donors (Lipinski definition) is 0. The lowest BCUT2D eigenvalue weighted by Gasteiger charge is -2.34. The van der Waals surface area contributed by atoms with E-state index in [1.54, 1.807) is 0 Å². The third-order valence-electron chi connectivity index (χ3n) is 5.31. The average Bonchev–Trinajstić information content (AvgIpc) is 3.04. The van der Waals surface area contributed by atoms with E-state index in [9.17, 15) is 4.79 Å². The van der Waals surface area contributed by atoms with Crippen molar-refractivity contribution < 1.29 is 4.79 Å². The number of carbonyl (C=O) groups excluding carboxylic acids is 1. The molecule has 0 amide bonds. The second kappa shape index (κ2) is 6.57. The fourth-order valence-electron chi connectivity index (χ4n) is 3.99. The van der Waals surface area contributed by atoms with Gasteiger partial charge < -0.3 is 4.90 Å². The van der Waals surface area contributed by atoms with Gasteiger partial charge in [-0.3, -0.25) is 9.79 Å². The van der Waals surface area contributed by atoms with Crippen molar-refractivity contribution in [1.82, 2.24) is 4.90 Å². The molecule has 0 aromatic heterocycles. The predicted octanol–water partition coefficient (Wildman–Crippen LogP) is 5.49. The lowest BCUT2D eigenvalue weighted by Crippen LogP contribution is -2.30. The molecule has 0 N–H and O–H groups in total. The van der Waals surface area contributed by atoms with E-state index in [0.717, 1.165) is 38.1 Å². The normalized spacial score (nSPS) is 18.1. The second-order valence-corrected chi connectivity index (χ2v) is 7.89. The molecule has 3 aromatic carbocycles. The molecule has 0 saturated carbocycles. The molecule has 3 nitrogen and oxygen atoms in total. The number of nitrogens with zero attached hydrogens (tertiary/aromatic N) is 2. The van der Waals surface area contributed by atoms with Crippen LogP contribution in [0.1, 0.15) is 33.2 Å². The summed E-state index contributed by atoms with van der Waals surface area (Å²) in [7, 11) is 2.02. The number of aliphatic imine (C=N–C) groups is 1. The second-order valence-electron chi connectivity index (χ2n) is 6.98. The summed E-state index contributed by atoms with van der Waals surface area (Å²) in [4.78, 5) is 20.5. The van der Waals surface area contributed by atoms with Crippen LogP contribution in [0.5, 0.6) is 0 Å². The zero-order valence-electron chi connectivity index (χ0n) is 15.3. The molecule has 0 bridgehead atoms. The minimum Gasteiger partial charge on any atom is -0.348 e. The van der Waals surface area contributed by atoms with Crippen LogP contribution in [0.3, 0.4) is 0 Å². The lowest BCUT2D eigenvalue weighted by atomic mass is 9.96. The van der Waals surface area contributed by atoms with Gasteiger partial charge in [0.05, 0.1) is 17.0 Å². The maximum Gasteiger partial charge on any atom is 0.198 e. The average molecular weight is 429 g/mol. The monoisotopic (exact) mass is 428 g/mol. The van der Waals surface area contributed by atoms with E-state index in [2.05, 4.69) is 33.0 Å². The van der Waals surface area contributed by atoms with Crippen molar-refractivity contribution in [2.75, 3.05) is 7.05 Å². The van der Waals surface area contributed by atoms with Crippen LogP contribution < -0.4 is 0 Å². The Morgan fingerprint density at radius 2 is 1.50 bits per heavy atom. The lowest BCUT2D eigenvalue weighted by molar-refractivity contribution is 0.104. The first-order chi connectivity index (χ1) is 13.6. The molecule has 2 aliphatic rings. The summed E-state index contributed by atoms with van der Waals surface area (Å²) in [6.07, 6.45) is -0.194. The number of carbonyl (C=O) groups is 1. The van der Waals surface area contributed by atoms with Crippen LogP contribution in [0.15, 0.2) is 93.9 Å². The van der Waals surface area contributed by atoms with E-state index in [1.165, 1.54) is 0 Å². The van der Waals surface area contributed by atoms with Crippen LogP contribution in [-0.2, 0) is 0 Å². The Morgan fingerprint density at radius 3 is 2.21 bits per heavy atom. The molecule has 3 aromatic rings. The summed E-state index contributed by atoms with van der Waals surface area (Å²) in [5.74, 6) is 0.0503. The number of allylic oxidation sites excluding steroid dienone is 1. The summed E-state index contributed by atoms with van der Waals surface area (Å²) in [5, 5.41) is 0. The largest absolute Gasteiger partial charge is 0.348 e. The first-order valence-electron chi connectivity index (χ1n) is 9.15. The van der Waals surface area contributed by atoms with Gasteiger partial charge in [-0.1, -0.05) is 82.7 Å². The van der Waals surface area contributed by atoms with Gasteiger partial charge in [0.1, 0.15) is 6.17 Å². The minimum atomic E-state index is -0.194. The molecule has 28 heavy (non-hydrogen) atoms. The van der Waals surface area contributed by atoms with E-state index >= 15 is 0 Å². The molecule has 0 fully saturated rings. The topological polar surface area (TPSA) is 32.7 Å². The van der Waals surface area contributed by atoms with E-state index in [0.29, 0.717) is 5.57 Å². The van der Waals surface area contributed by atoms with Crippen LogP contribution in [0.4, 0.5) is 0 Å². The Kier molecular flexibility index (Phi) is 4.02. The van der Waals surface area contributed by atoms with Crippen molar-refractivity contribution in [3.63, 3.8) is 0 Å². The van der Waals surface area contributed by atoms with Gasteiger partial charge in [-0.2, -0.15) is 0 Å². The Labute approximate surface area is 172 Å². The molecular formula is C24H17BrN2O. The third-order valence-corrected chi connectivity index (χ3v) is 5.84.